The van der Waals surface area contributed by atoms with Crippen LogP contribution in [-0.2, 0) is 13.5 Å². The molecule has 2 saturated heterocycles. The molecule has 5 nitrogen and oxygen atoms in total. The molecule has 5 heteroatoms. The SMILES string of the molecule is C[C@H](CCc1cccn1C)NC(=O)N1CC[C@H](N2CCCC2)C1. The minimum absolute atomic E-state index is 0.117. The fraction of sp³-hybridized carbons (Fsp3) is 0.722. The standard InChI is InChI=1S/C18H30N4O/c1-15(7-8-16-6-5-10-20(16)2)19-18(23)22-13-9-17(14-22)21-11-3-4-12-21/h5-6,10,15,17H,3-4,7-9,11-14H2,1-2H3,(H,19,23)/t15-,17+/m1/s1. The van der Waals surface area contributed by atoms with Gasteiger partial charge < -0.3 is 14.8 Å². The topological polar surface area (TPSA) is 40.5 Å². The van der Waals surface area contributed by atoms with Crippen LogP contribution in [0.2, 0.25) is 0 Å². The average Bonchev–Trinajstić information content (AvgIpc) is 3.26. The van der Waals surface area contributed by atoms with Gasteiger partial charge in [0.05, 0.1) is 0 Å². The predicted molar refractivity (Wildman–Crippen MR) is 92.5 cm³/mol. The number of nitrogens with zero attached hydrogens (tertiary/aromatic N) is 3. The van der Waals surface area contributed by atoms with Crippen LogP contribution in [0, 0.1) is 0 Å². The molecule has 2 aliphatic heterocycles. The molecule has 1 aromatic rings. The summed E-state index contributed by atoms with van der Waals surface area (Å²) in [5.74, 6) is 0. The number of aryl methyl sites for hydroxylation is 2. The monoisotopic (exact) mass is 318 g/mol. The second-order valence-corrected chi connectivity index (χ2v) is 7.13. The second-order valence-electron chi connectivity index (χ2n) is 7.13. The summed E-state index contributed by atoms with van der Waals surface area (Å²) in [6, 6.07) is 5.13. The highest BCUT2D eigenvalue weighted by Crippen LogP contribution is 2.20. The number of hydrogen-bond donors (Lipinski definition) is 1. The van der Waals surface area contributed by atoms with E-state index in [-0.39, 0.29) is 12.1 Å². The van der Waals surface area contributed by atoms with Crippen LogP contribution in [0.3, 0.4) is 0 Å². The van der Waals surface area contributed by atoms with E-state index in [0.717, 1.165) is 32.4 Å². The maximum Gasteiger partial charge on any atom is 0.317 e. The minimum atomic E-state index is 0.117. The Morgan fingerprint density at radius 1 is 1.35 bits per heavy atom. The van der Waals surface area contributed by atoms with E-state index in [1.807, 2.05) is 4.90 Å². The summed E-state index contributed by atoms with van der Waals surface area (Å²) in [4.78, 5) is 17.0. The van der Waals surface area contributed by atoms with E-state index in [2.05, 4.69) is 47.1 Å². The van der Waals surface area contributed by atoms with E-state index >= 15 is 0 Å². The second kappa shape index (κ2) is 7.39. The summed E-state index contributed by atoms with van der Waals surface area (Å²) in [5, 5.41) is 3.17. The molecule has 23 heavy (non-hydrogen) atoms. The van der Waals surface area contributed by atoms with E-state index in [4.69, 9.17) is 0 Å². The molecule has 0 aliphatic carbocycles. The number of urea groups is 1. The normalized spacial score (nSPS) is 23.4. The average molecular weight is 318 g/mol. The first-order valence-electron chi connectivity index (χ1n) is 9.03. The number of nitrogens with one attached hydrogen (secondary N) is 1. The molecule has 3 rings (SSSR count). The van der Waals surface area contributed by atoms with E-state index in [1.165, 1.54) is 31.6 Å². The Kier molecular flexibility index (Phi) is 5.26. The van der Waals surface area contributed by atoms with Crippen LogP contribution in [0.25, 0.3) is 0 Å². The van der Waals surface area contributed by atoms with Crippen molar-refractivity contribution in [1.29, 1.82) is 0 Å². The van der Waals surface area contributed by atoms with Crippen LogP contribution in [0.5, 0.6) is 0 Å². The molecule has 0 saturated carbocycles. The Hall–Kier alpha value is -1.49. The lowest BCUT2D eigenvalue weighted by Crippen LogP contribution is -2.44. The Morgan fingerprint density at radius 3 is 2.83 bits per heavy atom. The highest BCUT2D eigenvalue weighted by molar-refractivity contribution is 5.74. The van der Waals surface area contributed by atoms with Gasteiger partial charge in [0.2, 0.25) is 0 Å². The van der Waals surface area contributed by atoms with Crippen LogP contribution in [0.15, 0.2) is 18.3 Å². The maximum absolute atomic E-state index is 12.4. The van der Waals surface area contributed by atoms with Crippen molar-refractivity contribution in [3.05, 3.63) is 24.0 Å². The van der Waals surface area contributed by atoms with Crippen molar-refractivity contribution in [2.45, 2.75) is 51.1 Å². The summed E-state index contributed by atoms with van der Waals surface area (Å²) in [7, 11) is 2.07. The van der Waals surface area contributed by atoms with Crippen LogP contribution < -0.4 is 5.32 Å². The lowest BCUT2D eigenvalue weighted by atomic mass is 10.1. The van der Waals surface area contributed by atoms with Gasteiger partial charge in [0, 0.05) is 44.1 Å². The zero-order valence-electron chi connectivity index (χ0n) is 14.5. The molecule has 1 N–H and O–H groups in total. The van der Waals surface area contributed by atoms with Gasteiger partial charge in [-0.05, 0) is 64.3 Å². The van der Waals surface area contributed by atoms with Crippen LogP contribution >= 0.6 is 0 Å². The molecule has 2 fully saturated rings. The van der Waals surface area contributed by atoms with E-state index in [9.17, 15) is 4.79 Å². The van der Waals surface area contributed by atoms with Gasteiger partial charge in [-0.25, -0.2) is 4.79 Å². The number of aromatic nitrogens is 1. The van der Waals surface area contributed by atoms with Gasteiger partial charge >= 0.3 is 6.03 Å². The zero-order chi connectivity index (χ0) is 16.2. The third-order valence-corrected chi connectivity index (χ3v) is 5.36. The van der Waals surface area contributed by atoms with Crippen molar-refractivity contribution in [2.24, 2.45) is 7.05 Å². The zero-order valence-corrected chi connectivity index (χ0v) is 14.5. The molecule has 2 aliphatic rings. The van der Waals surface area contributed by atoms with Gasteiger partial charge in [-0.15, -0.1) is 0 Å². The molecule has 0 aromatic carbocycles. The Morgan fingerprint density at radius 2 is 2.13 bits per heavy atom. The smallest absolute Gasteiger partial charge is 0.317 e. The number of amides is 2. The number of rotatable bonds is 5. The lowest BCUT2D eigenvalue weighted by Gasteiger charge is -2.24. The van der Waals surface area contributed by atoms with Crippen molar-refractivity contribution >= 4 is 6.03 Å². The molecule has 0 unspecified atom stereocenters. The van der Waals surface area contributed by atoms with Crippen molar-refractivity contribution in [1.82, 2.24) is 19.7 Å². The highest BCUT2D eigenvalue weighted by Gasteiger charge is 2.31. The van der Waals surface area contributed by atoms with Crippen molar-refractivity contribution < 1.29 is 4.79 Å². The van der Waals surface area contributed by atoms with E-state index in [1.54, 1.807) is 0 Å². The summed E-state index contributed by atoms with van der Waals surface area (Å²) in [6.45, 7) is 6.34. The summed E-state index contributed by atoms with van der Waals surface area (Å²) >= 11 is 0. The molecule has 2 atom stereocenters. The fourth-order valence-electron chi connectivity index (χ4n) is 3.83. The van der Waals surface area contributed by atoms with Crippen molar-refractivity contribution in [3.8, 4) is 0 Å². The van der Waals surface area contributed by atoms with Crippen LogP contribution in [-0.4, -0.2) is 58.7 Å². The van der Waals surface area contributed by atoms with Gasteiger partial charge in [-0.1, -0.05) is 0 Å². The van der Waals surface area contributed by atoms with Gasteiger partial charge in [0.25, 0.3) is 0 Å². The maximum atomic E-state index is 12.4. The molecular formula is C18H30N4O. The van der Waals surface area contributed by atoms with Gasteiger partial charge in [0.1, 0.15) is 0 Å². The molecule has 2 amide bonds. The molecular weight excluding hydrogens is 288 g/mol. The molecule has 0 bridgehead atoms. The predicted octanol–water partition coefficient (Wildman–Crippen LogP) is 2.23. The van der Waals surface area contributed by atoms with Gasteiger partial charge in [0.15, 0.2) is 0 Å². The third kappa shape index (κ3) is 4.08. The largest absolute Gasteiger partial charge is 0.354 e. The molecule has 128 valence electrons. The van der Waals surface area contributed by atoms with E-state index < -0.39 is 0 Å². The molecule has 0 radical (unpaired) electrons. The number of likely N-dealkylation sites (tertiary alicyclic amines) is 2. The fourth-order valence-corrected chi connectivity index (χ4v) is 3.83. The van der Waals surface area contributed by atoms with Gasteiger partial charge in [-0.2, -0.15) is 0 Å². The molecule has 0 spiro atoms. The highest BCUT2D eigenvalue weighted by atomic mass is 16.2. The van der Waals surface area contributed by atoms with Crippen LogP contribution in [0.4, 0.5) is 4.79 Å². The Bertz CT molecular complexity index is 521. The Labute approximate surface area is 139 Å². The van der Waals surface area contributed by atoms with Crippen molar-refractivity contribution in [2.75, 3.05) is 26.2 Å². The third-order valence-electron chi connectivity index (χ3n) is 5.36. The number of hydrogen-bond acceptors (Lipinski definition) is 2. The minimum Gasteiger partial charge on any atom is -0.354 e. The summed E-state index contributed by atoms with van der Waals surface area (Å²) in [6.07, 6.45) is 7.82. The molecule has 3 heterocycles. The first kappa shape index (κ1) is 16.4. The number of carbonyl (C=O) groups is 1. The Balaban J connectivity index is 1.41. The van der Waals surface area contributed by atoms with E-state index in [0.29, 0.717) is 6.04 Å². The summed E-state index contributed by atoms with van der Waals surface area (Å²) in [5.41, 5.74) is 1.32. The first-order valence-corrected chi connectivity index (χ1v) is 9.03. The van der Waals surface area contributed by atoms with Crippen LogP contribution in [0.1, 0.15) is 38.3 Å². The van der Waals surface area contributed by atoms with Gasteiger partial charge in [-0.3, -0.25) is 4.90 Å². The first-order chi connectivity index (χ1) is 11.1. The summed E-state index contributed by atoms with van der Waals surface area (Å²) < 4.78 is 2.15. The lowest BCUT2D eigenvalue weighted by molar-refractivity contribution is 0.195. The quantitative estimate of drug-likeness (QED) is 0.904. The van der Waals surface area contributed by atoms with Crippen molar-refractivity contribution in [3.63, 3.8) is 0 Å². The molecule has 1 aromatic heterocycles. The number of carbonyl (C=O) groups excluding carboxylic acids is 1.